The van der Waals surface area contributed by atoms with Crippen molar-refractivity contribution < 1.29 is 15.0 Å². The Morgan fingerprint density at radius 1 is 1.38 bits per heavy atom. The fraction of sp³-hybridized carbons (Fsp3) is 0.889. The number of aliphatic hydroxyl groups excluding tert-OH is 2. The lowest BCUT2D eigenvalue weighted by molar-refractivity contribution is -0.122. The lowest BCUT2D eigenvalue weighted by atomic mass is 10.1. The molecular weight excluding hydrogens is 170 g/mol. The van der Waals surface area contributed by atoms with Gasteiger partial charge in [-0.15, -0.1) is 0 Å². The Morgan fingerprint density at radius 2 is 2.00 bits per heavy atom. The molecule has 0 rings (SSSR count). The van der Waals surface area contributed by atoms with Crippen molar-refractivity contribution in [3.63, 3.8) is 0 Å². The number of nitrogens with one attached hydrogen (secondary N) is 1. The van der Waals surface area contributed by atoms with Gasteiger partial charge in [0, 0.05) is 13.0 Å². The van der Waals surface area contributed by atoms with Gasteiger partial charge in [-0.1, -0.05) is 13.8 Å². The summed E-state index contributed by atoms with van der Waals surface area (Å²) in [6.07, 6.45) is 0.793. The summed E-state index contributed by atoms with van der Waals surface area (Å²) in [6.45, 7) is 3.86. The quantitative estimate of drug-likeness (QED) is 0.546. The van der Waals surface area contributed by atoms with Crippen molar-refractivity contribution >= 4 is 5.91 Å². The van der Waals surface area contributed by atoms with Gasteiger partial charge in [-0.3, -0.25) is 4.79 Å². The van der Waals surface area contributed by atoms with Crippen LogP contribution in [0.15, 0.2) is 0 Å². The lowest BCUT2D eigenvalue weighted by Gasteiger charge is -2.19. The highest BCUT2D eigenvalue weighted by Gasteiger charge is 2.14. The molecule has 0 aromatic rings. The van der Waals surface area contributed by atoms with Crippen molar-refractivity contribution in [1.29, 1.82) is 0 Å². The predicted molar refractivity (Wildman–Crippen MR) is 50.2 cm³/mol. The summed E-state index contributed by atoms with van der Waals surface area (Å²) in [5.41, 5.74) is 0. The van der Waals surface area contributed by atoms with Crippen LogP contribution in [0.25, 0.3) is 0 Å². The molecular formula is C9H19NO3. The van der Waals surface area contributed by atoms with Gasteiger partial charge in [-0.05, 0) is 12.3 Å². The molecule has 4 nitrogen and oxygen atoms in total. The Bertz CT molecular complexity index is 148. The van der Waals surface area contributed by atoms with Crippen LogP contribution in [0, 0.1) is 5.92 Å². The van der Waals surface area contributed by atoms with Crippen LogP contribution in [0.1, 0.15) is 26.7 Å². The molecule has 3 N–H and O–H groups in total. The fourth-order valence-electron chi connectivity index (χ4n) is 0.942. The zero-order valence-corrected chi connectivity index (χ0v) is 8.29. The van der Waals surface area contributed by atoms with Gasteiger partial charge >= 0.3 is 0 Å². The lowest BCUT2D eigenvalue weighted by Crippen LogP contribution is -2.41. The molecule has 0 aliphatic carbocycles. The predicted octanol–water partition coefficient (Wildman–Crippen LogP) is -0.108. The highest BCUT2D eigenvalue weighted by Crippen LogP contribution is 2.01. The number of rotatable bonds is 6. The highest BCUT2D eigenvalue weighted by atomic mass is 16.3. The van der Waals surface area contributed by atoms with E-state index in [1.807, 2.05) is 13.8 Å². The summed E-state index contributed by atoms with van der Waals surface area (Å²) in [5.74, 6) is 0.116. The first-order valence-electron chi connectivity index (χ1n) is 4.63. The van der Waals surface area contributed by atoms with Gasteiger partial charge in [0.1, 0.15) is 0 Å². The van der Waals surface area contributed by atoms with Crippen LogP contribution in [-0.4, -0.2) is 35.4 Å². The molecule has 1 unspecified atom stereocenters. The molecule has 0 saturated heterocycles. The number of carbonyl (C=O) groups is 1. The molecule has 0 fully saturated rings. The van der Waals surface area contributed by atoms with Crippen molar-refractivity contribution in [2.45, 2.75) is 32.7 Å². The third kappa shape index (κ3) is 5.60. The molecule has 0 bridgehead atoms. The Labute approximate surface area is 79.0 Å². The first-order valence-corrected chi connectivity index (χ1v) is 4.63. The minimum atomic E-state index is -0.175. The Kier molecular flexibility index (Phi) is 6.54. The summed E-state index contributed by atoms with van der Waals surface area (Å²) in [7, 11) is 0. The molecule has 0 aromatic heterocycles. The molecule has 4 heteroatoms. The zero-order valence-electron chi connectivity index (χ0n) is 8.29. The first kappa shape index (κ1) is 12.4. The monoisotopic (exact) mass is 189 g/mol. The average molecular weight is 189 g/mol. The number of hydrogen-bond acceptors (Lipinski definition) is 3. The van der Waals surface area contributed by atoms with Gasteiger partial charge in [0.2, 0.25) is 5.91 Å². The number of aliphatic hydroxyl groups is 2. The maximum absolute atomic E-state index is 11.1. The molecule has 0 spiro atoms. The minimum Gasteiger partial charge on any atom is -0.396 e. The second-order valence-corrected chi connectivity index (χ2v) is 3.43. The number of hydrogen-bond donors (Lipinski definition) is 3. The molecule has 0 aromatic carbocycles. The van der Waals surface area contributed by atoms with Crippen LogP contribution in [-0.2, 0) is 4.79 Å². The maximum atomic E-state index is 11.1. The molecule has 0 radical (unpaired) electrons. The van der Waals surface area contributed by atoms with Gasteiger partial charge < -0.3 is 15.5 Å². The van der Waals surface area contributed by atoms with E-state index in [0.29, 0.717) is 12.8 Å². The Balaban J connectivity index is 3.73. The van der Waals surface area contributed by atoms with Gasteiger partial charge in [0.05, 0.1) is 12.6 Å². The van der Waals surface area contributed by atoms with Crippen molar-refractivity contribution in [2.24, 2.45) is 5.92 Å². The summed E-state index contributed by atoms with van der Waals surface area (Å²) in [5, 5.41) is 20.1. The van der Waals surface area contributed by atoms with E-state index in [0.717, 1.165) is 0 Å². The van der Waals surface area contributed by atoms with Crippen LogP contribution in [0.4, 0.5) is 0 Å². The van der Waals surface area contributed by atoms with Crippen molar-refractivity contribution in [2.75, 3.05) is 13.2 Å². The van der Waals surface area contributed by atoms with Crippen LogP contribution in [0.2, 0.25) is 0 Å². The third-order valence-electron chi connectivity index (χ3n) is 1.91. The van der Waals surface area contributed by atoms with Crippen molar-refractivity contribution in [3.05, 3.63) is 0 Å². The van der Waals surface area contributed by atoms with E-state index >= 15 is 0 Å². The largest absolute Gasteiger partial charge is 0.396 e. The highest BCUT2D eigenvalue weighted by molar-refractivity contribution is 5.76. The molecule has 0 aliphatic rings. The smallest absolute Gasteiger partial charge is 0.220 e. The summed E-state index contributed by atoms with van der Waals surface area (Å²) < 4.78 is 0. The normalized spacial score (nSPS) is 13.0. The standard InChI is InChI=1S/C9H19NO3/c1-7(2)8(6-12)10-9(13)4-3-5-11/h7-8,11-12H,3-6H2,1-2H3,(H,10,13). The summed E-state index contributed by atoms with van der Waals surface area (Å²) in [4.78, 5) is 11.1. The molecule has 1 amide bonds. The number of carbonyl (C=O) groups excluding carboxylic acids is 1. The van der Waals surface area contributed by atoms with E-state index in [4.69, 9.17) is 10.2 Å². The van der Waals surface area contributed by atoms with E-state index < -0.39 is 0 Å². The molecule has 13 heavy (non-hydrogen) atoms. The van der Waals surface area contributed by atoms with E-state index in [2.05, 4.69) is 5.32 Å². The van der Waals surface area contributed by atoms with Crippen molar-refractivity contribution in [3.8, 4) is 0 Å². The van der Waals surface area contributed by atoms with Crippen LogP contribution < -0.4 is 5.32 Å². The Hall–Kier alpha value is -0.610. The maximum Gasteiger partial charge on any atom is 0.220 e. The first-order chi connectivity index (χ1) is 6.11. The van der Waals surface area contributed by atoms with E-state index in [1.165, 1.54) is 0 Å². The SMILES string of the molecule is CC(C)C(CO)NC(=O)CCCO. The topological polar surface area (TPSA) is 69.6 Å². The average Bonchev–Trinajstić information content (AvgIpc) is 2.10. The Morgan fingerprint density at radius 3 is 2.38 bits per heavy atom. The van der Waals surface area contributed by atoms with E-state index in [9.17, 15) is 4.79 Å². The van der Waals surface area contributed by atoms with E-state index in [-0.39, 0.29) is 31.1 Å². The number of amides is 1. The van der Waals surface area contributed by atoms with E-state index in [1.54, 1.807) is 0 Å². The van der Waals surface area contributed by atoms with Gasteiger partial charge in [0.15, 0.2) is 0 Å². The van der Waals surface area contributed by atoms with Gasteiger partial charge in [0.25, 0.3) is 0 Å². The van der Waals surface area contributed by atoms with Crippen LogP contribution >= 0.6 is 0 Å². The fourth-order valence-corrected chi connectivity index (χ4v) is 0.942. The zero-order chi connectivity index (χ0) is 10.3. The molecule has 1 atom stereocenters. The van der Waals surface area contributed by atoms with Crippen LogP contribution in [0.5, 0.6) is 0 Å². The second-order valence-electron chi connectivity index (χ2n) is 3.43. The van der Waals surface area contributed by atoms with Crippen molar-refractivity contribution in [1.82, 2.24) is 5.32 Å². The molecule has 78 valence electrons. The summed E-state index contributed by atoms with van der Waals surface area (Å²) in [6, 6.07) is -0.175. The summed E-state index contributed by atoms with van der Waals surface area (Å²) >= 11 is 0. The molecule has 0 saturated carbocycles. The minimum absolute atomic E-state index is 0.0267. The third-order valence-corrected chi connectivity index (χ3v) is 1.91. The van der Waals surface area contributed by atoms with Gasteiger partial charge in [-0.2, -0.15) is 0 Å². The molecule has 0 aliphatic heterocycles. The van der Waals surface area contributed by atoms with Gasteiger partial charge in [-0.25, -0.2) is 0 Å². The second kappa shape index (κ2) is 6.86. The molecule has 0 heterocycles. The van der Waals surface area contributed by atoms with Crippen LogP contribution in [0.3, 0.4) is 0 Å².